The third-order valence-electron chi connectivity index (χ3n) is 2.10. The van der Waals surface area contributed by atoms with Crippen LogP contribution in [-0.2, 0) is 7.05 Å². The normalized spacial score (nSPS) is 10.1. The molecule has 0 atom stereocenters. The second-order valence-corrected chi connectivity index (χ2v) is 3.13. The van der Waals surface area contributed by atoms with Crippen molar-refractivity contribution in [1.29, 1.82) is 0 Å². The first-order valence-corrected chi connectivity index (χ1v) is 4.35. The van der Waals surface area contributed by atoms with Gasteiger partial charge >= 0.3 is 0 Å². The maximum Gasteiger partial charge on any atom is 0.274 e. The second-order valence-electron chi connectivity index (χ2n) is 3.13. The van der Waals surface area contributed by atoms with Gasteiger partial charge in [0.1, 0.15) is 0 Å². The smallest absolute Gasteiger partial charge is 0.264 e. The van der Waals surface area contributed by atoms with E-state index in [1.807, 2.05) is 30.8 Å². The van der Waals surface area contributed by atoms with Crippen molar-refractivity contribution < 1.29 is 4.57 Å². The number of hydrogen-bond acceptors (Lipinski definition) is 3. The van der Waals surface area contributed by atoms with Gasteiger partial charge in [-0.3, -0.25) is 4.98 Å². The molecule has 0 aromatic carbocycles. The maximum absolute atomic E-state index is 4.22. The molecule has 2 aromatic heterocycles. The van der Waals surface area contributed by atoms with Gasteiger partial charge in [-0.25, -0.2) is 4.57 Å². The predicted octanol–water partition coefficient (Wildman–Crippen LogP) is 0.672. The lowest BCUT2D eigenvalue weighted by Gasteiger charge is -2.01. The Kier molecular flexibility index (Phi) is 2.18. The molecular weight excluding hydrogens is 176 g/mol. The molecule has 0 radical (unpaired) electrons. The lowest BCUT2D eigenvalue weighted by molar-refractivity contribution is -0.666. The predicted molar refractivity (Wildman–Crippen MR) is 51.2 cm³/mol. The maximum atomic E-state index is 4.22. The highest BCUT2D eigenvalue weighted by molar-refractivity contribution is 5.54. The second kappa shape index (κ2) is 3.49. The Hall–Kier alpha value is -1.84. The van der Waals surface area contributed by atoms with E-state index in [2.05, 4.69) is 15.0 Å². The summed E-state index contributed by atoms with van der Waals surface area (Å²) in [6.45, 7) is 2.04. The van der Waals surface area contributed by atoms with Crippen LogP contribution in [0.3, 0.4) is 0 Å². The highest BCUT2D eigenvalue weighted by atomic mass is 15.1. The van der Waals surface area contributed by atoms with Crippen molar-refractivity contribution in [3.05, 3.63) is 36.7 Å². The van der Waals surface area contributed by atoms with Gasteiger partial charge in [-0.15, -0.1) is 0 Å². The first-order chi connectivity index (χ1) is 6.79. The molecule has 14 heavy (non-hydrogen) atoms. The molecule has 0 saturated carbocycles. The van der Waals surface area contributed by atoms with E-state index in [0.29, 0.717) is 0 Å². The Labute approximate surface area is 82.3 Å². The van der Waals surface area contributed by atoms with E-state index < -0.39 is 0 Å². The van der Waals surface area contributed by atoms with Crippen LogP contribution < -0.4 is 4.57 Å². The zero-order valence-electron chi connectivity index (χ0n) is 8.18. The number of aromatic nitrogens is 4. The van der Waals surface area contributed by atoms with Gasteiger partial charge in [-0.2, -0.15) is 0 Å². The zero-order valence-corrected chi connectivity index (χ0v) is 8.18. The summed E-state index contributed by atoms with van der Waals surface area (Å²) in [5, 5.41) is 0. The molecule has 0 aliphatic carbocycles. The molecular formula is C10H11N4+. The molecule has 2 heterocycles. The molecule has 0 aliphatic heterocycles. The van der Waals surface area contributed by atoms with E-state index in [-0.39, 0.29) is 0 Å². The number of rotatable bonds is 1. The molecule has 0 saturated heterocycles. The van der Waals surface area contributed by atoms with Crippen molar-refractivity contribution in [2.45, 2.75) is 6.92 Å². The van der Waals surface area contributed by atoms with Crippen molar-refractivity contribution in [2.24, 2.45) is 7.05 Å². The van der Waals surface area contributed by atoms with Gasteiger partial charge in [0.05, 0.1) is 12.6 Å². The Morgan fingerprint density at radius 1 is 1.29 bits per heavy atom. The highest BCUT2D eigenvalue weighted by Gasteiger charge is 2.11. The van der Waals surface area contributed by atoms with Crippen LogP contribution in [0.1, 0.15) is 5.56 Å². The van der Waals surface area contributed by atoms with Crippen LogP contribution in [0.2, 0.25) is 0 Å². The van der Waals surface area contributed by atoms with Crippen LogP contribution >= 0.6 is 0 Å². The lowest BCUT2D eigenvalue weighted by Crippen LogP contribution is -2.32. The van der Waals surface area contributed by atoms with E-state index in [0.717, 1.165) is 17.0 Å². The summed E-state index contributed by atoms with van der Waals surface area (Å²) >= 11 is 0. The average molecular weight is 187 g/mol. The summed E-state index contributed by atoms with van der Waals surface area (Å²) in [4.78, 5) is 12.2. The van der Waals surface area contributed by atoms with E-state index in [1.165, 1.54) is 0 Å². The molecule has 0 aliphatic rings. The van der Waals surface area contributed by atoms with Crippen molar-refractivity contribution in [3.63, 3.8) is 0 Å². The van der Waals surface area contributed by atoms with Gasteiger partial charge in [-0.1, -0.05) is 9.97 Å². The molecule has 0 N–H and O–H groups in total. The van der Waals surface area contributed by atoms with Gasteiger partial charge in [0.2, 0.25) is 6.33 Å². The van der Waals surface area contributed by atoms with Crippen molar-refractivity contribution in [3.8, 4) is 11.4 Å². The minimum absolute atomic E-state index is 0.880. The Bertz CT molecular complexity index is 410. The molecule has 4 heteroatoms. The minimum Gasteiger partial charge on any atom is -0.264 e. The van der Waals surface area contributed by atoms with Crippen molar-refractivity contribution >= 4 is 0 Å². The van der Waals surface area contributed by atoms with Gasteiger partial charge in [0.25, 0.3) is 12.2 Å². The van der Waals surface area contributed by atoms with Gasteiger partial charge in [0, 0.05) is 12.4 Å². The monoisotopic (exact) mass is 187 g/mol. The van der Waals surface area contributed by atoms with E-state index in [1.54, 1.807) is 18.9 Å². The van der Waals surface area contributed by atoms with Crippen LogP contribution in [0.25, 0.3) is 11.4 Å². The number of hydrogen-bond donors (Lipinski definition) is 0. The summed E-state index contributed by atoms with van der Waals surface area (Å²) in [5.41, 5.74) is 2.20. The number of aryl methyl sites for hydroxylation is 2. The fraction of sp³-hybridized carbons (Fsp3) is 0.200. The molecule has 0 unspecified atom stereocenters. The highest BCUT2D eigenvalue weighted by Crippen LogP contribution is 2.14. The third kappa shape index (κ3) is 1.46. The van der Waals surface area contributed by atoms with Crippen LogP contribution in [0.4, 0.5) is 0 Å². The van der Waals surface area contributed by atoms with Crippen LogP contribution in [-0.4, -0.2) is 15.0 Å². The molecule has 2 aromatic rings. The summed E-state index contributed by atoms with van der Waals surface area (Å²) in [6, 6.07) is 1.97. The molecule has 0 amide bonds. The summed E-state index contributed by atoms with van der Waals surface area (Å²) in [7, 11) is 1.92. The molecule has 0 fully saturated rings. The van der Waals surface area contributed by atoms with Gasteiger partial charge in [0.15, 0.2) is 0 Å². The molecule has 0 spiro atoms. The Balaban J connectivity index is 2.61. The third-order valence-corrected chi connectivity index (χ3v) is 2.10. The van der Waals surface area contributed by atoms with Crippen molar-refractivity contribution in [2.75, 3.05) is 0 Å². The van der Waals surface area contributed by atoms with Crippen LogP contribution in [0, 0.1) is 6.92 Å². The summed E-state index contributed by atoms with van der Waals surface area (Å²) in [5.74, 6) is 0.880. The topological polar surface area (TPSA) is 42.6 Å². The van der Waals surface area contributed by atoms with E-state index in [9.17, 15) is 0 Å². The van der Waals surface area contributed by atoms with Gasteiger partial charge in [-0.05, 0) is 18.6 Å². The van der Waals surface area contributed by atoms with Crippen LogP contribution in [0.5, 0.6) is 0 Å². The van der Waals surface area contributed by atoms with E-state index in [4.69, 9.17) is 0 Å². The minimum atomic E-state index is 0.880. The molecule has 4 nitrogen and oxygen atoms in total. The molecule has 2 rings (SSSR count). The first kappa shape index (κ1) is 8.74. The first-order valence-electron chi connectivity index (χ1n) is 4.35. The summed E-state index contributed by atoms with van der Waals surface area (Å²) in [6.07, 6.45) is 6.87. The molecule has 0 bridgehead atoms. The quantitative estimate of drug-likeness (QED) is 0.616. The van der Waals surface area contributed by atoms with E-state index >= 15 is 0 Å². The standard InChI is InChI=1S/C10H11N4/c1-8-3-4-11-5-9(8)10-13-6-12-7-14(10)2/h3-7H,1-2H3/q+1. The van der Waals surface area contributed by atoms with Gasteiger partial charge < -0.3 is 0 Å². The molecule has 70 valence electrons. The van der Waals surface area contributed by atoms with Crippen molar-refractivity contribution in [1.82, 2.24) is 15.0 Å². The Morgan fingerprint density at radius 3 is 2.86 bits per heavy atom. The lowest BCUT2D eigenvalue weighted by atomic mass is 10.1. The summed E-state index contributed by atoms with van der Waals surface area (Å²) < 4.78 is 1.88. The van der Waals surface area contributed by atoms with Crippen LogP contribution in [0.15, 0.2) is 31.1 Å². The number of pyridine rings is 1. The SMILES string of the molecule is Cc1ccncc1-c1ncnc[n+]1C. The largest absolute Gasteiger partial charge is 0.274 e. The fourth-order valence-electron chi connectivity index (χ4n) is 1.32. The zero-order chi connectivity index (χ0) is 9.97. The average Bonchev–Trinajstić information content (AvgIpc) is 2.20. The number of nitrogens with zero attached hydrogens (tertiary/aromatic N) is 4. The Morgan fingerprint density at radius 2 is 2.14 bits per heavy atom. The fourth-order valence-corrected chi connectivity index (χ4v) is 1.32.